The molecule has 0 fully saturated rings. The smallest absolute Gasteiger partial charge is 0.231 e. The lowest BCUT2D eigenvalue weighted by Gasteiger charge is -2.00. The van der Waals surface area contributed by atoms with E-state index in [1.165, 1.54) is 12.1 Å². The van der Waals surface area contributed by atoms with Crippen molar-refractivity contribution in [2.75, 3.05) is 0 Å². The molecule has 0 saturated heterocycles. The lowest BCUT2D eigenvalue weighted by Crippen LogP contribution is -2.10. The zero-order valence-corrected chi connectivity index (χ0v) is 9.86. The molecule has 6 heteroatoms. The molecule has 1 atom stereocenters. The number of rotatable bonds is 4. The van der Waals surface area contributed by atoms with Crippen molar-refractivity contribution in [1.82, 2.24) is 10.1 Å². The summed E-state index contributed by atoms with van der Waals surface area (Å²) in [7, 11) is 0. The van der Waals surface area contributed by atoms with E-state index in [4.69, 9.17) is 10.3 Å². The third kappa shape index (κ3) is 2.70. The SMILES string of the molecule is CCC(N)c1noc(Cc2ccc(F)cc2F)n1. The van der Waals surface area contributed by atoms with Crippen LogP contribution in [0.25, 0.3) is 0 Å². The first-order valence-electron chi connectivity index (χ1n) is 5.62. The fourth-order valence-corrected chi connectivity index (χ4v) is 1.50. The topological polar surface area (TPSA) is 64.9 Å². The summed E-state index contributed by atoms with van der Waals surface area (Å²) in [6.07, 6.45) is 0.805. The number of benzene rings is 1. The fourth-order valence-electron chi connectivity index (χ4n) is 1.50. The van der Waals surface area contributed by atoms with Crippen molar-refractivity contribution >= 4 is 0 Å². The van der Waals surface area contributed by atoms with Crippen LogP contribution in [0.4, 0.5) is 8.78 Å². The van der Waals surface area contributed by atoms with Gasteiger partial charge in [0, 0.05) is 6.07 Å². The van der Waals surface area contributed by atoms with Gasteiger partial charge in [-0.15, -0.1) is 0 Å². The van der Waals surface area contributed by atoms with Crippen LogP contribution in [0, 0.1) is 11.6 Å². The molecule has 0 aliphatic heterocycles. The third-order valence-electron chi connectivity index (χ3n) is 2.61. The molecule has 96 valence electrons. The predicted octanol–water partition coefficient (Wildman–Crippen LogP) is 2.35. The first-order valence-corrected chi connectivity index (χ1v) is 5.62. The summed E-state index contributed by atoms with van der Waals surface area (Å²) in [5.74, 6) is -0.584. The minimum atomic E-state index is -0.630. The summed E-state index contributed by atoms with van der Waals surface area (Å²) in [4.78, 5) is 4.08. The minimum Gasteiger partial charge on any atom is -0.339 e. The molecule has 1 aromatic carbocycles. The molecule has 2 rings (SSSR count). The van der Waals surface area contributed by atoms with Gasteiger partial charge in [-0.05, 0) is 18.1 Å². The van der Waals surface area contributed by atoms with Crippen LogP contribution >= 0.6 is 0 Å². The summed E-state index contributed by atoms with van der Waals surface area (Å²) in [5.41, 5.74) is 6.04. The monoisotopic (exact) mass is 253 g/mol. The average molecular weight is 253 g/mol. The van der Waals surface area contributed by atoms with Gasteiger partial charge in [0.15, 0.2) is 5.82 Å². The Kier molecular flexibility index (Phi) is 3.66. The summed E-state index contributed by atoms with van der Waals surface area (Å²) < 4.78 is 31.1. The second-order valence-electron chi connectivity index (χ2n) is 3.97. The lowest BCUT2D eigenvalue weighted by atomic mass is 10.1. The Labute approximate surface area is 103 Å². The van der Waals surface area contributed by atoms with E-state index in [1.807, 2.05) is 6.92 Å². The van der Waals surface area contributed by atoms with Crippen LogP contribution in [0.15, 0.2) is 22.7 Å². The second-order valence-corrected chi connectivity index (χ2v) is 3.97. The van der Waals surface area contributed by atoms with Gasteiger partial charge in [-0.2, -0.15) is 4.98 Å². The first-order chi connectivity index (χ1) is 8.60. The molecule has 0 spiro atoms. The Morgan fingerprint density at radius 2 is 2.17 bits per heavy atom. The quantitative estimate of drug-likeness (QED) is 0.908. The molecule has 1 unspecified atom stereocenters. The van der Waals surface area contributed by atoms with E-state index in [-0.39, 0.29) is 18.4 Å². The van der Waals surface area contributed by atoms with Crippen molar-refractivity contribution in [2.45, 2.75) is 25.8 Å². The first kappa shape index (κ1) is 12.6. The van der Waals surface area contributed by atoms with E-state index in [0.29, 0.717) is 17.8 Å². The number of hydrogen-bond acceptors (Lipinski definition) is 4. The highest BCUT2D eigenvalue weighted by molar-refractivity contribution is 5.21. The molecule has 0 saturated carbocycles. The van der Waals surface area contributed by atoms with Crippen LogP contribution in [0.3, 0.4) is 0 Å². The summed E-state index contributed by atoms with van der Waals surface area (Å²) in [6.45, 7) is 1.90. The molecule has 0 radical (unpaired) electrons. The molecule has 0 aliphatic carbocycles. The summed E-state index contributed by atoms with van der Waals surface area (Å²) in [6, 6.07) is 3.08. The highest BCUT2D eigenvalue weighted by Crippen LogP contribution is 2.15. The Balaban J connectivity index is 2.16. The van der Waals surface area contributed by atoms with E-state index in [1.54, 1.807) is 0 Å². The molecular formula is C12H13F2N3O. The zero-order valence-electron chi connectivity index (χ0n) is 9.86. The van der Waals surface area contributed by atoms with Gasteiger partial charge in [0.25, 0.3) is 0 Å². The maximum absolute atomic E-state index is 13.4. The Bertz CT molecular complexity index is 542. The molecule has 2 aromatic rings. The van der Waals surface area contributed by atoms with Crippen LogP contribution < -0.4 is 5.73 Å². The third-order valence-corrected chi connectivity index (χ3v) is 2.61. The lowest BCUT2D eigenvalue weighted by molar-refractivity contribution is 0.374. The average Bonchev–Trinajstić information content (AvgIpc) is 2.80. The van der Waals surface area contributed by atoms with Crippen molar-refractivity contribution in [3.8, 4) is 0 Å². The van der Waals surface area contributed by atoms with Gasteiger partial charge in [-0.3, -0.25) is 0 Å². The molecule has 1 aromatic heterocycles. The Hall–Kier alpha value is -1.82. The fraction of sp³-hybridized carbons (Fsp3) is 0.333. The van der Waals surface area contributed by atoms with Crippen LogP contribution in [0.5, 0.6) is 0 Å². The van der Waals surface area contributed by atoms with Crippen molar-refractivity contribution in [3.05, 3.63) is 47.1 Å². The van der Waals surface area contributed by atoms with Gasteiger partial charge in [0.05, 0.1) is 12.5 Å². The Morgan fingerprint density at radius 3 is 2.83 bits per heavy atom. The molecule has 4 nitrogen and oxygen atoms in total. The summed E-state index contributed by atoms with van der Waals surface area (Å²) in [5, 5.41) is 3.72. The van der Waals surface area contributed by atoms with Crippen molar-refractivity contribution in [3.63, 3.8) is 0 Å². The van der Waals surface area contributed by atoms with Gasteiger partial charge in [-0.25, -0.2) is 8.78 Å². The van der Waals surface area contributed by atoms with Gasteiger partial charge >= 0.3 is 0 Å². The minimum absolute atomic E-state index is 0.121. The van der Waals surface area contributed by atoms with Gasteiger partial charge < -0.3 is 10.3 Å². The van der Waals surface area contributed by atoms with E-state index < -0.39 is 11.6 Å². The number of nitrogens with zero attached hydrogens (tertiary/aromatic N) is 2. The van der Waals surface area contributed by atoms with Gasteiger partial charge in [0.1, 0.15) is 11.6 Å². The van der Waals surface area contributed by atoms with Crippen molar-refractivity contribution < 1.29 is 13.3 Å². The molecule has 0 amide bonds. The van der Waals surface area contributed by atoms with E-state index in [0.717, 1.165) is 6.07 Å². The number of halogens is 2. The highest BCUT2D eigenvalue weighted by atomic mass is 19.1. The van der Waals surface area contributed by atoms with Crippen LogP contribution in [0.2, 0.25) is 0 Å². The molecule has 2 N–H and O–H groups in total. The maximum Gasteiger partial charge on any atom is 0.231 e. The number of nitrogens with two attached hydrogens (primary N) is 1. The van der Waals surface area contributed by atoms with Crippen LogP contribution in [-0.2, 0) is 6.42 Å². The Morgan fingerprint density at radius 1 is 1.39 bits per heavy atom. The molecule has 0 aliphatic rings. The van der Waals surface area contributed by atoms with Crippen molar-refractivity contribution in [2.24, 2.45) is 5.73 Å². The molecule has 1 heterocycles. The second kappa shape index (κ2) is 5.22. The van der Waals surface area contributed by atoms with Gasteiger partial charge in [-0.1, -0.05) is 18.1 Å². The van der Waals surface area contributed by atoms with Gasteiger partial charge in [0.2, 0.25) is 5.89 Å². The molecular weight excluding hydrogens is 240 g/mol. The number of hydrogen-bond donors (Lipinski definition) is 1. The normalized spacial score (nSPS) is 12.7. The zero-order chi connectivity index (χ0) is 13.1. The molecule has 0 bridgehead atoms. The van der Waals surface area contributed by atoms with Crippen molar-refractivity contribution in [1.29, 1.82) is 0 Å². The van der Waals surface area contributed by atoms with Crippen LogP contribution in [-0.4, -0.2) is 10.1 Å². The molecule has 18 heavy (non-hydrogen) atoms. The van der Waals surface area contributed by atoms with E-state index >= 15 is 0 Å². The summed E-state index contributed by atoms with van der Waals surface area (Å²) >= 11 is 0. The maximum atomic E-state index is 13.4. The van der Waals surface area contributed by atoms with E-state index in [9.17, 15) is 8.78 Å². The number of aromatic nitrogens is 2. The largest absolute Gasteiger partial charge is 0.339 e. The predicted molar refractivity (Wildman–Crippen MR) is 60.7 cm³/mol. The highest BCUT2D eigenvalue weighted by Gasteiger charge is 2.14. The standard InChI is InChI=1S/C12H13F2N3O/c1-2-10(15)12-16-11(18-17-12)5-7-3-4-8(13)6-9(7)14/h3-4,6,10H,2,5,15H2,1H3. The van der Waals surface area contributed by atoms with E-state index in [2.05, 4.69) is 10.1 Å². The van der Waals surface area contributed by atoms with Crippen LogP contribution in [0.1, 0.15) is 36.7 Å².